The summed E-state index contributed by atoms with van der Waals surface area (Å²) in [5.41, 5.74) is 0. The maximum absolute atomic E-state index is 11.4. The molecule has 0 aliphatic carbocycles. The van der Waals surface area contributed by atoms with E-state index in [1.807, 2.05) is 0 Å². The fourth-order valence-corrected chi connectivity index (χ4v) is 2.13. The number of hydrogen-bond donors (Lipinski definition) is 2. The molecule has 1 rings (SSSR count). The van der Waals surface area contributed by atoms with Gasteiger partial charge in [0.15, 0.2) is 0 Å². The zero-order valence-electron chi connectivity index (χ0n) is 10.8. The lowest BCUT2D eigenvalue weighted by molar-refractivity contribution is -0.125. The van der Waals surface area contributed by atoms with Gasteiger partial charge in [-0.05, 0) is 25.9 Å². The molecule has 2 N–H and O–H groups in total. The number of amides is 1. The Hall–Kier alpha value is -0.610. The molecule has 0 saturated carbocycles. The van der Waals surface area contributed by atoms with E-state index in [1.165, 1.54) is 0 Å². The summed E-state index contributed by atoms with van der Waals surface area (Å²) >= 11 is 0. The fourth-order valence-electron chi connectivity index (χ4n) is 2.13. The van der Waals surface area contributed by atoms with Crippen molar-refractivity contribution >= 4 is 5.91 Å². The third kappa shape index (κ3) is 4.49. The first-order chi connectivity index (χ1) is 7.63. The minimum Gasteiger partial charge on any atom is -0.359 e. The summed E-state index contributed by atoms with van der Waals surface area (Å²) in [6, 6.07) is 0.559. The molecule has 1 fully saturated rings. The third-order valence-electron chi connectivity index (χ3n) is 3.19. The van der Waals surface area contributed by atoms with E-state index in [0.717, 1.165) is 39.0 Å². The predicted molar refractivity (Wildman–Crippen MR) is 66.4 cm³/mol. The highest BCUT2D eigenvalue weighted by Gasteiger charge is 2.23. The lowest BCUT2D eigenvalue weighted by Gasteiger charge is -2.31. The van der Waals surface area contributed by atoms with Crippen LogP contribution in [0, 0.1) is 5.92 Å². The van der Waals surface area contributed by atoms with Gasteiger partial charge in [-0.3, -0.25) is 4.79 Å². The molecule has 4 nitrogen and oxygen atoms in total. The number of nitrogens with one attached hydrogen (secondary N) is 2. The number of hydrogen-bond acceptors (Lipinski definition) is 3. The van der Waals surface area contributed by atoms with Gasteiger partial charge in [-0.1, -0.05) is 13.8 Å². The van der Waals surface area contributed by atoms with Crippen LogP contribution in [0.2, 0.25) is 0 Å². The van der Waals surface area contributed by atoms with Crippen molar-refractivity contribution in [2.75, 3.05) is 33.2 Å². The average molecular weight is 227 g/mol. The summed E-state index contributed by atoms with van der Waals surface area (Å²) in [6.45, 7) is 8.58. The first-order valence-corrected chi connectivity index (χ1v) is 6.30. The number of piperidine rings is 1. The van der Waals surface area contributed by atoms with E-state index in [0.29, 0.717) is 6.04 Å². The van der Waals surface area contributed by atoms with E-state index < -0.39 is 0 Å². The summed E-state index contributed by atoms with van der Waals surface area (Å²) in [5.74, 6) is 0.444. The van der Waals surface area contributed by atoms with Crippen molar-refractivity contribution in [3.8, 4) is 0 Å². The van der Waals surface area contributed by atoms with Crippen LogP contribution < -0.4 is 10.6 Å². The van der Waals surface area contributed by atoms with Gasteiger partial charge in [-0.2, -0.15) is 0 Å². The molecule has 0 spiro atoms. The van der Waals surface area contributed by atoms with Crippen molar-refractivity contribution in [2.45, 2.75) is 32.7 Å². The summed E-state index contributed by atoms with van der Waals surface area (Å²) in [4.78, 5) is 13.9. The molecule has 16 heavy (non-hydrogen) atoms. The maximum atomic E-state index is 11.4. The van der Waals surface area contributed by atoms with Gasteiger partial charge in [0.05, 0.1) is 0 Å². The molecule has 1 aliphatic rings. The molecule has 1 heterocycles. The quantitative estimate of drug-likeness (QED) is 0.716. The molecule has 0 aromatic carbocycles. The molecule has 94 valence electrons. The largest absolute Gasteiger partial charge is 0.359 e. The first-order valence-electron chi connectivity index (χ1n) is 6.30. The summed E-state index contributed by atoms with van der Waals surface area (Å²) in [6.07, 6.45) is 2.00. The standard InChI is InChI=1S/C12H25N3O/c1-10(2)14-6-9-15-7-4-11(5-8-15)12(16)13-3/h10-11,14H,4-9H2,1-3H3,(H,13,16). The highest BCUT2D eigenvalue weighted by molar-refractivity contribution is 5.78. The van der Waals surface area contributed by atoms with Crippen LogP contribution in [0.4, 0.5) is 0 Å². The van der Waals surface area contributed by atoms with Crippen LogP contribution in [0.3, 0.4) is 0 Å². The fraction of sp³-hybridized carbons (Fsp3) is 0.917. The van der Waals surface area contributed by atoms with Gasteiger partial charge in [0.1, 0.15) is 0 Å². The molecule has 1 aliphatic heterocycles. The van der Waals surface area contributed by atoms with Gasteiger partial charge >= 0.3 is 0 Å². The maximum Gasteiger partial charge on any atom is 0.222 e. The highest BCUT2D eigenvalue weighted by atomic mass is 16.1. The van der Waals surface area contributed by atoms with Gasteiger partial charge in [0, 0.05) is 32.1 Å². The Labute approximate surface area is 98.8 Å². The van der Waals surface area contributed by atoms with Crippen molar-refractivity contribution in [2.24, 2.45) is 5.92 Å². The van der Waals surface area contributed by atoms with Gasteiger partial charge in [0.25, 0.3) is 0 Å². The molecular weight excluding hydrogens is 202 g/mol. The Bertz CT molecular complexity index is 210. The van der Waals surface area contributed by atoms with Crippen LogP contribution in [-0.4, -0.2) is 50.1 Å². The number of carbonyl (C=O) groups is 1. The molecule has 0 unspecified atom stereocenters. The number of rotatable bonds is 5. The van der Waals surface area contributed by atoms with E-state index in [4.69, 9.17) is 0 Å². The molecule has 4 heteroatoms. The van der Waals surface area contributed by atoms with Crippen LogP contribution in [0.1, 0.15) is 26.7 Å². The van der Waals surface area contributed by atoms with Gasteiger partial charge in [-0.25, -0.2) is 0 Å². The van der Waals surface area contributed by atoms with Crippen LogP contribution in [-0.2, 0) is 4.79 Å². The Morgan fingerprint density at radius 1 is 1.38 bits per heavy atom. The Morgan fingerprint density at radius 3 is 2.50 bits per heavy atom. The topological polar surface area (TPSA) is 44.4 Å². The normalized spacial score (nSPS) is 19.0. The SMILES string of the molecule is CNC(=O)C1CCN(CCNC(C)C)CC1. The molecule has 0 aromatic heterocycles. The van der Waals surface area contributed by atoms with Crippen molar-refractivity contribution in [1.82, 2.24) is 15.5 Å². The van der Waals surface area contributed by atoms with Gasteiger partial charge < -0.3 is 15.5 Å². The number of nitrogens with zero attached hydrogens (tertiary/aromatic N) is 1. The second-order valence-corrected chi connectivity index (χ2v) is 4.84. The van der Waals surface area contributed by atoms with Crippen LogP contribution >= 0.6 is 0 Å². The second-order valence-electron chi connectivity index (χ2n) is 4.84. The van der Waals surface area contributed by atoms with Crippen LogP contribution in [0.25, 0.3) is 0 Å². The molecule has 1 amide bonds. The van der Waals surface area contributed by atoms with Gasteiger partial charge in [0.2, 0.25) is 5.91 Å². The third-order valence-corrected chi connectivity index (χ3v) is 3.19. The second kappa shape index (κ2) is 6.86. The minimum absolute atomic E-state index is 0.208. The van der Waals surface area contributed by atoms with E-state index in [9.17, 15) is 4.79 Å². The molecular formula is C12H25N3O. The van der Waals surface area contributed by atoms with Crippen molar-refractivity contribution in [1.29, 1.82) is 0 Å². The predicted octanol–water partition coefficient (Wildman–Crippen LogP) is 0.442. The lowest BCUT2D eigenvalue weighted by atomic mass is 9.96. The van der Waals surface area contributed by atoms with Crippen LogP contribution in [0.15, 0.2) is 0 Å². The van der Waals surface area contributed by atoms with E-state index in [2.05, 4.69) is 29.4 Å². The lowest BCUT2D eigenvalue weighted by Crippen LogP contribution is -2.42. The minimum atomic E-state index is 0.208. The Kier molecular flexibility index (Phi) is 5.77. The Morgan fingerprint density at radius 2 is 2.00 bits per heavy atom. The zero-order valence-corrected chi connectivity index (χ0v) is 10.8. The summed E-state index contributed by atoms with van der Waals surface area (Å²) in [7, 11) is 1.72. The van der Waals surface area contributed by atoms with E-state index in [-0.39, 0.29) is 11.8 Å². The molecule has 0 aromatic rings. The zero-order chi connectivity index (χ0) is 12.0. The number of likely N-dealkylation sites (tertiary alicyclic amines) is 1. The molecule has 0 bridgehead atoms. The highest BCUT2D eigenvalue weighted by Crippen LogP contribution is 2.16. The van der Waals surface area contributed by atoms with Crippen molar-refractivity contribution < 1.29 is 4.79 Å². The monoisotopic (exact) mass is 227 g/mol. The first kappa shape index (κ1) is 13.5. The molecule has 1 saturated heterocycles. The molecule has 0 radical (unpaired) electrons. The Balaban J connectivity index is 2.14. The van der Waals surface area contributed by atoms with E-state index >= 15 is 0 Å². The number of carbonyl (C=O) groups excluding carboxylic acids is 1. The van der Waals surface area contributed by atoms with Gasteiger partial charge in [-0.15, -0.1) is 0 Å². The smallest absolute Gasteiger partial charge is 0.222 e. The van der Waals surface area contributed by atoms with Crippen molar-refractivity contribution in [3.05, 3.63) is 0 Å². The summed E-state index contributed by atoms with van der Waals surface area (Å²) < 4.78 is 0. The summed E-state index contributed by atoms with van der Waals surface area (Å²) in [5, 5.41) is 6.15. The van der Waals surface area contributed by atoms with Crippen LogP contribution in [0.5, 0.6) is 0 Å². The van der Waals surface area contributed by atoms with Crippen molar-refractivity contribution in [3.63, 3.8) is 0 Å². The molecule has 0 atom stereocenters. The van der Waals surface area contributed by atoms with E-state index in [1.54, 1.807) is 7.05 Å². The average Bonchev–Trinajstić information content (AvgIpc) is 2.28.